The lowest BCUT2D eigenvalue weighted by Gasteiger charge is -2.19. The molecular formula is C12H23NO4. The maximum atomic E-state index is 11.3. The van der Waals surface area contributed by atoms with Crippen LogP contribution in [0.4, 0.5) is 4.79 Å². The second kappa shape index (κ2) is 7.14. The molecule has 5 nitrogen and oxygen atoms in total. The van der Waals surface area contributed by atoms with E-state index in [-0.39, 0.29) is 11.9 Å². The van der Waals surface area contributed by atoms with Crippen LogP contribution in [0.5, 0.6) is 0 Å². The summed E-state index contributed by atoms with van der Waals surface area (Å²) < 4.78 is 9.68. The lowest BCUT2D eigenvalue weighted by atomic mass is 10.1. The van der Waals surface area contributed by atoms with Crippen LogP contribution < -0.4 is 5.32 Å². The van der Waals surface area contributed by atoms with Crippen molar-refractivity contribution in [3.63, 3.8) is 0 Å². The average Bonchev–Trinajstić information content (AvgIpc) is 2.20. The maximum Gasteiger partial charge on any atom is 0.407 e. The van der Waals surface area contributed by atoms with Crippen LogP contribution in [0.15, 0.2) is 0 Å². The van der Waals surface area contributed by atoms with E-state index in [4.69, 9.17) is 4.74 Å². The van der Waals surface area contributed by atoms with Crippen molar-refractivity contribution in [1.29, 1.82) is 0 Å². The third kappa shape index (κ3) is 8.54. The van der Waals surface area contributed by atoms with Crippen molar-refractivity contribution in [2.24, 2.45) is 5.92 Å². The highest BCUT2D eigenvalue weighted by Gasteiger charge is 2.16. The van der Waals surface area contributed by atoms with E-state index < -0.39 is 11.7 Å². The second-order valence-corrected chi connectivity index (χ2v) is 5.00. The molecule has 1 N–H and O–H groups in total. The minimum absolute atomic E-state index is 0.138. The van der Waals surface area contributed by atoms with Crippen molar-refractivity contribution in [3.05, 3.63) is 0 Å². The van der Waals surface area contributed by atoms with E-state index in [9.17, 15) is 9.59 Å². The van der Waals surface area contributed by atoms with Gasteiger partial charge in [-0.15, -0.1) is 0 Å². The summed E-state index contributed by atoms with van der Waals surface area (Å²) in [4.78, 5) is 22.4. The van der Waals surface area contributed by atoms with Crippen molar-refractivity contribution < 1.29 is 19.1 Å². The number of rotatable bonds is 5. The predicted octanol–water partition coefficient (Wildman–Crippen LogP) is 2.10. The van der Waals surface area contributed by atoms with Crippen molar-refractivity contribution >= 4 is 12.1 Å². The topological polar surface area (TPSA) is 64.6 Å². The zero-order valence-electron chi connectivity index (χ0n) is 11.3. The molecule has 0 fully saturated rings. The maximum absolute atomic E-state index is 11.3. The first-order valence-corrected chi connectivity index (χ1v) is 5.81. The van der Waals surface area contributed by atoms with E-state index in [0.29, 0.717) is 13.0 Å². The number of hydrogen-bond donors (Lipinski definition) is 1. The van der Waals surface area contributed by atoms with Crippen LogP contribution in [0, 0.1) is 5.92 Å². The first kappa shape index (κ1) is 15.7. The monoisotopic (exact) mass is 245 g/mol. The molecule has 5 heteroatoms. The number of esters is 1. The lowest BCUT2D eigenvalue weighted by molar-refractivity contribution is -0.145. The van der Waals surface area contributed by atoms with Gasteiger partial charge < -0.3 is 14.8 Å². The van der Waals surface area contributed by atoms with E-state index in [1.165, 1.54) is 7.11 Å². The van der Waals surface area contributed by atoms with Gasteiger partial charge in [-0.3, -0.25) is 4.79 Å². The molecule has 0 unspecified atom stereocenters. The van der Waals surface area contributed by atoms with Crippen LogP contribution in [0.25, 0.3) is 0 Å². The SMILES string of the molecule is COC(=O)[C@@H](C)CCCNC(=O)OC(C)(C)C. The van der Waals surface area contributed by atoms with Gasteiger partial charge in [-0.05, 0) is 33.6 Å². The summed E-state index contributed by atoms with van der Waals surface area (Å²) >= 11 is 0. The van der Waals surface area contributed by atoms with Crippen molar-refractivity contribution in [3.8, 4) is 0 Å². The molecule has 0 rings (SSSR count). The Morgan fingerprint density at radius 3 is 2.35 bits per heavy atom. The third-order valence-corrected chi connectivity index (χ3v) is 2.09. The molecule has 0 spiro atoms. The van der Waals surface area contributed by atoms with Gasteiger partial charge in [-0.25, -0.2) is 4.79 Å². The smallest absolute Gasteiger partial charge is 0.407 e. The Morgan fingerprint density at radius 2 is 1.88 bits per heavy atom. The summed E-state index contributed by atoms with van der Waals surface area (Å²) in [7, 11) is 1.37. The fourth-order valence-electron chi connectivity index (χ4n) is 1.23. The van der Waals surface area contributed by atoms with Gasteiger partial charge in [0.05, 0.1) is 13.0 Å². The molecule has 0 saturated heterocycles. The van der Waals surface area contributed by atoms with Gasteiger partial charge in [0.25, 0.3) is 0 Å². The summed E-state index contributed by atoms with van der Waals surface area (Å²) in [6.45, 7) is 7.74. The molecule has 1 atom stereocenters. The van der Waals surface area contributed by atoms with Gasteiger partial charge in [-0.1, -0.05) is 6.92 Å². The van der Waals surface area contributed by atoms with Crippen LogP contribution in [0.3, 0.4) is 0 Å². The minimum atomic E-state index is -0.483. The minimum Gasteiger partial charge on any atom is -0.469 e. The number of hydrogen-bond acceptors (Lipinski definition) is 4. The fourth-order valence-corrected chi connectivity index (χ4v) is 1.23. The van der Waals surface area contributed by atoms with Gasteiger partial charge in [0.1, 0.15) is 5.60 Å². The number of nitrogens with one attached hydrogen (secondary N) is 1. The van der Waals surface area contributed by atoms with Crippen LogP contribution >= 0.6 is 0 Å². The Kier molecular flexibility index (Phi) is 6.61. The van der Waals surface area contributed by atoms with E-state index in [1.54, 1.807) is 6.92 Å². The Bertz CT molecular complexity index is 258. The molecule has 0 aromatic heterocycles. The number of carbonyl (C=O) groups excluding carboxylic acids is 2. The molecule has 0 aliphatic heterocycles. The number of carbonyl (C=O) groups is 2. The zero-order valence-corrected chi connectivity index (χ0v) is 11.3. The molecule has 1 amide bonds. The highest BCUT2D eigenvalue weighted by molar-refractivity contribution is 5.71. The fraction of sp³-hybridized carbons (Fsp3) is 0.833. The van der Waals surface area contributed by atoms with Gasteiger partial charge in [0, 0.05) is 6.54 Å². The van der Waals surface area contributed by atoms with Crippen molar-refractivity contribution in [2.45, 2.75) is 46.1 Å². The number of amides is 1. The first-order chi connectivity index (χ1) is 7.76. The molecular weight excluding hydrogens is 222 g/mol. The van der Waals surface area contributed by atoms with E-state index in [1.807, 2.05) is 20.8 Å². The molecule has 0 radical (unpaired) electrons. The molecule has 0 heterocycles. The average molecular weight is 245 g/mol. The highest BCUT2D eigenvalue weighted by Crippen LogP contribution is 2.08. The van der Waals surface area contributed by atoms with Crippen molar-refractivity contribution in [2.75, 3.05) is 13.7 Å². The summed E-state index contributed by atoms with van der Waals surface area (Å²) in [6, 6.07) is 0. The molecule has 17 heavy (non-hydrogen) atoms. The van der Waals surface area contributed by atoms with Crippen molar-refractivity contribution in [1.82, 2.24) is 5.32 Å². The Balaban J connectivity index is 3.65. The number of alkyl carbamates (subject to hydrolysis) is 1. The second-order valence-electron chi connectivity index (χ2n) is 5.00. The van der Waals surface area contributed by atoms with Gasteiger partial charge >= 0.3 is 12.1 Å². The molecule has 0 bridgehead atoms. The Hall–Kier alpha value is -1.26. The van der Waals surface area contributed by atoms with Gasteiger partial charge in [0.15, 0.2) is 0 Å². The van der Waals surface area contributed by atoms with E-state index in [2.05, 4.69) is 10.1 Å². The highest BCUT2D eigenvalue weighted by atomic mass is 16.6. The van der Waals surface area contributed by atoms with Gasteiger partial charge in [-0.2, -0.15) is 0 Å². The normalized spacial score (nSPS) is 12.8. The largest absolute Gasteiger partial charge is 0.469 e. The standard InChI is InChI=1S/C12H23NO4/c1-9(10(14)16-5)7-6-8-13-11(15)17-12(2,3)4/h9H,6-8H2,1-5H3,(H,13,15)/t9-/m0/s1. The molecule has 0 aliphatic carbocycles. The third-order valence-electron chi connectivity index (χ3n) is 2.09. The van der Waals surface area contributed by atoms with Crippen LogP contribution in [0.2, 0.25) is 0 Å². The van der Waals surface area contributed by atoms with Gasteiger partial charge in [0.2, 0.25) is 0 Å². The predicted molar refractivity (Wildman–Crippen MR) is 64.7 cm³/mol. The molecule has 0 aromatic carbocycles. The number of ether oxygens (including phenoxy) is 2. The van der Waals surface area contributed by atoms with E-state index in [0.717, 1.165) is 6.42 Å². The first-order valence-electron chi connectivity index (χ1n) is 5.81. The summed E-state index contributed by atoms with van der Waals surface area (Å²) in [5, 5.41) is 2.64. The van der Waals surface area contributed by atoms with Crippen LogP contribution in [-0.4, -0.2) is 31.3 Å². The molecule has 100 valence electrons. The summed E-state index contributed by atoms with van der Waals surface area (Å²) in [5.41, 5.74) is -0.483. The molecule has 0 aliphatic rings. The Labute approximate surface area is 103 Å². The van der Waals surface area contributed by atoms with Crippen LogP contribution in [0.1, 0.15) is 40.5 Å². The van der Waals surface area contributed by atoms with Crippen LogP contribution in [-0.2, 0) is 14.3 Å². The number of methoxy groups -OCH3 is 1. The lowest BCUT2D eigenvalue weighted by Crippen LogP contribution is -2.33. The summed E-state index contributed by atoms with van der Waals surface area (Å²) in [6.07, 6.45) is 0.973. The molecule has 0 saturated carbocycles. The Morgan fingerprint density at radius 1 is 1.29 bits per heavy atom. The van der Waals surface area contributed by atoms with E-state index >= 15 is 0 Å². The summed E-state index contributed by atoms with van der Waals surface area (Å²) in [5.74, 6) is -0.359. The quantitative estimate of drug-likeness (QED) is 0.595. The zero-order chi connectivity index (χ0) is 13.5. The molecule has 0 aromatic rings.